The van der Waals surface area contributed by atoms with E-state index >= 15 is 0 Å². The molecule has 21 heavy (non-hydrogen) atoms. The predicted octanol–water partition coefficient (Wildman–Crippen LogP) is 3.53. The maximum Gasteiger partial charge on any atom is 0.267 e. The van der Waals surface area contributed by atoms with E-state index in [0.717, 1.165) is 0 Å². The van der Waals surface area contributed by atoms with E-state index in [2.05, 4.69) is 26.2 Å². The van der Waals surface area contributed by atoms with Gasteiger partial charge in [0.15, 0.2) is 0 Å². The average molecular weight is 346 g/mol. The smallest absolute Gasteiger partial charge is 0.267 e. The van der Waals surface area contributed by atoms with Gasteiger partial charge >= 0.3 is 0 Å². The van der Waals surface area contributed by atoms with E-state index in [-0.39, 0.29) is 10.0 Å². The van der Waals surface area contributed by atoms with Crippen LogP contribution < -0.4 is 5.32 Å². The summed E-state index contributed by atoms with van der Waals surface area (Å²) in [5.41, 5.74) is 0.440. The lowest BCUT2D eigenvalue weighted by molar-refractivity contribution is -0.112. The maximum absolute atomic E-state index is 13.1. The molecule has 0 radical (unpaired) electrons. The molecule has 0 aliphatic rings. The highest BCUT2D eigenvalue weighted by Gasteiger charge is 2.10. The largest absolute Gasteiger partial charge is 0.306 e. The number of pyridine rings is 1. The Balaban J connectivity index is 2.22. The topological polar surface area (TPSA) is 65.8 Å². The van der Waals surface area contributed by atoms with Crippen molar-refractivity contribution < 1.29 is 9.18 Å². The van der Waals surface area contributed by atoms with Gasteiger partial charge in [-0.15, -0.1) is 0 Å². The molecular formula is C15H9BrFN3O. The molecule has 0 saturated carbocycles. The number of carbonyl (C=O) groups is 1. The van der Waals surface area contributed by atoms with Gasteiger partial charge in [0.2, 0.25) is 0 Å². The summed E-state index contributed by atoms with van der Waals surface area (Å²) in [5.74, 6) is -0.635. The first-order valence-electron chi connectivity index (χ1n) is 5.89. The van der Waals surface area contributed by atoms with Crippen molar-refractivity contribution >= 4 is 33.7 Å². The number of aromatic nitrogens is 1. The molecule has 1 aromatic heterocycles. The van der Waals surface area contributed by atoms with E-state index < -0.39 is 11.7 Å². The van der Waals surface area contributed by atoms with Gasteiger partial charge < -0.3 is 5.32 Å². The summed E-state index contributed by atoms with van der Waals surface area (Å²) in [4.78, 5) is 15.9. The first-order valence-corrected chi connectivity index (χ1v) is 6.68. The molecule has 1 aromatic carbocycles. The van der Waals surface area contributed by atoms with Crippen LogP contribution in [0.5, 0.6) is 0 Å². The minimum Gasteiger partial charge on any atom is -0.306 e. The molecule has 2 rings (SSSR count). The van der Waals surface area contributed by atoms with Gasteiger partial charge in [-0.05, 0) is 51.8 Å². The third-order valence-electron chi connectivity index (χ3n) is 2.53. The Labute approximate surface area is 129 Å². The summed E-state index contributed by atoms with van der Waals surface area (Å²) in [6.45, 7) is 0. The molecule has 0 bridgehead atoms. The Kier molecular flexibility index (Phi) is 4.80. The molecule has 0 spiro atoms. The van der Waals surface area contributed by atoms with E-state index in [1.807, 2.05) is 6.07 Å². The van der Waals surface area contributed by atoms with Crippen molar-refractivity contribution in [1.29, 1.82) is 5.26 Å². The fourth-order valence-corrected chi connectivity index (χ4v) is 1.93. The average Bonchev–Trinajstić information content (AvgIpc) is 2.49. The van der Waals surface area contributed by atoms with Crippen LogP contribution in [0.15, 0.2) is 52.6 Å². The highest BCUT2D eigenvalue weighted by Crippen LogP contribution is 2.19. The number of benzene rings is 1. The summed E-state index contributed by atoms with van der Waals surface area (Å²) in [6, 6.07) is 11.1. The molecule has 1 amide bonds. The molecule has 6 heteroatoms. The minimum atomic E-state index is -0.573. The number of carbonyl (C=O) groups excluding carboxylic acids is 1. The molecule has 0 fully saturated rings. The molecule has 0 atom stereocenters. The van der Waals surface area contributed by atoms with E-state index in [9.17, 15) is 9.18 Å². The molecular weight excluding hydrogens is 337 g/mol. The molecule has 2 aromatic rings. The third kappa shape index (κ3) is 3.97. The number of rotatable bonds is 3. The molecule has 0 saturated heterocycles. The van der Waals surface area contributed by atoms with Gasteiger partial charge in [-0.2, -0.15) is 5.26 Å². The van der Waals surface area contributed by atoms with Crippen LogP contribution in [-0.2, 0) is 4.79 Å². The van der Waals surface area contributed by atoms with E-state index in [0.29, 0.717) is 11.4 Å². The summed E-state index contributed by atoms with van der Waals surface area (Å²) < 4.78 is 13.4. The van der Waals surface area contributed by atoms with Crippen molar-refractivity contribution in [2.24, 2.45) is 0 Å². The van der Waals surface area contributed by atoms with E-state index in [1.54, 1.807) is 18.2 Å². The van der Waals surface area contributed by atoms with Crippen LogP contribution in [-0.4, -0.2) is 10.9 Å². The molecule has 0 aliphatic heterocycles. The second kappa shape index (κ2) is 6.77. The standard InChI is InChI=1S/C15H9BrFN3O/c16-12-8-10(4-5-13(12)17)7-11(9-18)15(21)20-14-3-1-2-6-19-14/h1-8H,(H,19,20,21)/b11-7+. The van der Waals surface area contributed by atoms with Gasteiger partial charge in [-0.25, -0.2) is 9.37 Å². The molecule has 4 nitrogen and oxygen atoms in total. The van der Waals surface area contributed by atoms with Crippen molar-refractivity contribution in [2.45, 2.75) is 0 Å². The number of hydrogen-bond donors (Lipinski definition) is 1. The number of halogens is 2. The first kappa shape index (κ1) is 14.9. The number of anilines is 1. The molecule has 104 valence electrons. The van der Waals surface area contributed by atoms with Crippen LogP contribution in [0.2, 0.25) is 0 Å². The van der Waals surface area contributed by atoms with Crippen LogP contribution in [0, 0.1) is 17.1 Å². The van der Waals surface area contributed by atoms with Gasteiger partial charge in [0.1, 0.15) is 23.3 Å². The van der Waals surface area contributed by atoms with Gasteiger partial charge in [0.05, 0.1) is 4.47 Å². The quantitative estimate of drug-likeness (QED) is 0.683. The SMILES string of the molecule is N#C/C(=C\c1ccc(F)c(Br)c1)C(=O)Nc1ccccn1. The second-order valence-corrected chi connectivity index (χ2v) is 4.87. The molecule has 0 aliphatic carbocycles. The fourth-order valence-electron chi connectivity index (χ4n) is 1.54. The Morgan fingerprint density at radius 2 is 2.19 bits per heavy atom. The summed E-state index contributed by atoms with van der Waals surface area (Å²) in [7, 11) is 0. The van der Waals surface area contributed by atoms with Gasteiger partial charge in [0, 0.05) is 6.20 Å². The Morgan fingerprint density at radius 3 is 2.81 bits per heavy atom. The fraction of sp³-hybridized carbons (Fsp3) is 0. The predicted molar refractivity (Wildman–Crippen MR) is 80.6 cm³/mol. The number of nitrogens with zero attached hydrogens (tertiary/aromatic N) is 2. The number of nitrogens with one attached hydrogen (secondary N) is 1. The lowest BCUT2D eigenvalue weighted by atomic mass is 10.1. The minimum absolute atomic E-state index is 0.0980. The molecule has 1 heterocycles. The Morgan fingerprint density at radius 1 is 1.38 bits per heavy atom. The first-order chi connectivity index (χ1) is 10.1. The van der Waals surface area contributed by atoms with Gasteiger partial charge in [-0.1, -0.05) is 12.1 Å². The zero-order valence-corrected chi connectivity index (χ0v) is 12.3. The summed E-state index contributed by atoms with van der Waals surface area (Å²) in [5, 5.41) is 11.6. The van der Waals surface area contributed by atoms with E-state index in [4.69, 9.17) is 5.26 Å². The van der Waals surface area contributed by atoms with Crippen molar-refractivity contribution in [3.8, 4) is 6.07 Å². The Hall–Kier alpha value is -2.52. The zero-order chi connectivity index (χ0) is 15.2. The highest BCUT2D eigenvalue weighted by molar-refractivity contribution is 9.10. The van der Waals surface area contributed by atoms with Crippen molar-refractivity contribution in [3.63, 3.8) is 0 Å². The van der Waals surface area contributed by atoms with Crippen LogP contribution in [0.25, 0.3) is 6.08 Å². The van der Waals surface area contributed by atoms with Crippen LogP contribution >= 0.6 is 15.9 Å². The van der Waals surface area contributed by atoms with Crippen molar-refractivity contribution in [3.05, 3.63) is 64.0 Å². The van der Waals surface area contributed by atoms with Crippen molar-refractivity contribution in [1.82, 2.24) is 4.98 Å². The van der Waals surface area contributed by atoms with Crippen LogP contribution in [0.4, 0.5) is 10.2 Å². The lowest BCUT2D eigenvalue weighted by Gasteiger charge is -2.03. The maximum atomic E-state index is 13.1. The van der Waals surface area contributed by atoms with Crippen LogP contribution in [0.3, 0.4) is 0 Å². The normalized spacial score (nSPS) is 10.8. The van der Waals surface area contributed by atoms with Crippen LogP contribution in [0.1, 0.15) is 5.56 Å². The summed E-state index contributed by atoms with van der Waals surface area (Å²) in [6.07, 6.45) is 2.91. The highest BCUT2D eigenvalue weighted by atomic mass is 79.9. The summed E-state index contributed by atoms with van der Waals surface area (Å²) >= 11 is 3.05. The van der Waals surface area contributed by atoms with E-state index in [1.165, 1.54) is 30.5 Å². The number of hydrogen-bond acceptors (Lipinski definition) is 3. The third-order valence-corrected chi connectivity index (χ3v) is 3.13. The number of nitriles is 1. The van der Waals surface area contributed by atoms with Gasteiger partial charge in [0.25, 0.3) is 5.91 Å². The molecule has 0 unspecified atom stereocenters. The second-order valence-electron chi connectivity index (χ2n) is 4.01. The lowest BCUT2D eigenvalue weighted by Crippen LogP contribution is -2.14. The van der Waals surface area contributed by atoms with Crippen molar-refractivity contribution in [2.75, 3.05) is 5.32 Å². The molecule has 1 N–H and O–H groups in total. The Bertz CT molecular complexity index is 738. The number of amides is 1. The monoisotopic (exact) mass is 345 g/mol. The zero-order valence-electron chi connectivity index (χ0n) is 10.7. The van der Waals surface area contributed by atoms with Gasteiger partial charge in [-0.3, -0.25) is 4.79 Å².